The Morgan fingerprint density at radius 3 is 2.75 bits per heavy atom. The molecule has 0 aliphatic rings. The van der Waals surface area contributed by atoms with Crippen molar-refractivity contribution in [3.8, 4) is 0 Å². The highest BCUT2D eigenvalue weighted by molar-refractivity contribution is 9.10. The zero-order valence-corrected chi connectivity index (χ0v) is 9.95. The fraction of sp³-hybridized carbons (Fsp3) is 0.167. The quantitative estimate of drug-likeness (QED) is 0.937. The van der Waals surface area contributed by atoms with Gasteiger partial charge in [-0.15, -0.1) is 0 Å². The first-order valence-electron chi connectivity index (χ1n) is 4.83. The maximum atomic E-state index is 12.9. The molecule has 1 aromatic heterocycles. The van der Waals surface area contributed by atoms with E-state index < -0.39 is 6.10 Å². The maximum absolute atomic E-state index is 12.9. The normalized spacial score (nSPS) is 12.7. The van der Waals surface area contributed by atoms with E-state index in [-0.39, 0.29) is 5.82 Å². The number of hydrogen-bond acceptors (Lipinski definition) is 2. The first kappa shape index (κ1) is 11.4. The average Bonchev–Trinajstić information content (AvgIpc) is 2.65. The van der Waals surface area contributed by atoms with Gasteiger partial charge in [-0.2, -0.15) is 0 Å². The zero-order valence-electron chi connectivity index (χ0n) is 8.36. The van der Waals surface area contributed by atoms with Gasteiger partial charge in [0.25, 0.3) is 0 Å². The molecule has 1 unspecified atom stereocenters. The lowest BCUT2D eigenvalue weighted by atomic mass is 10.1. The largest absolute Gasteiger partial charge is 0.452 e. The number of benzene rings is 1. The Balaban J connectivity index is 2.10. The summed E-state index contributed by atoms with van der Waals surface area (Å²) in [5.74, 6) is 0.168. The van der Waals surface area contributed by atoms with Crippen molar-refractivity contribution in [3.05, 3.63) is 58.2 Å². The van der Waals surface area contributed by atoms with Crippen LogP contribution in [0.5, 0.6) is 0 Å². The van der Waals surface area contributed by atoms with E-state index in [2.05, 4.69) is 15.9 Å². The van der Waals surface area contributed by atoms with Crippen LogP contribution in [0.15, 0.2) is 45.5 Å². The Kier molecular flexibility index (Phi) is 3.41. The molecule has 0 bridgehead atoms. The molecule has 2 nitrogen and oxygen atoms in total. The molecule has 1 atom stereocenters. The van der Waals surface area contributed by atoms with Crippen molar-refractivity contribution in [2.45, 2.75) is 12.5 Å². The van der Waals surface area contributed by atoms with Gasteiger partial charge in [-0.1, -0.05) is 12.1 Å². The Morgan fingerprint density at radius 2 is 2.12 bits per heavy atom. The molecule has 16 heavy (non-hydrogen) atoms. The van der Waals surface area contributed by atoms with Crippen molar-refractivity contribution in [2.24, 2.45) is 0 Å². The first-order chi connectivity index (χ1) is 7.65. The molecule has 0 fully saturated rings. The fourth-order valence-corrected chi connectivity index (χ4v) is 1.81. The monoisotopic (exact) mass is 284 g/mol. The van der Waals surface area contributed by atoms with Gasteiger partial charge >= 0.3 is 0 Å². The summed E-state index contributed by atoms with van der Waals surface area (Å²) < 4.78 is 18.7. The van der Waals surface area contributed by atoms with Gasteiger partial charge in [0.1, 0.15) is 17.7 Å². The van der Waals surface area contributed by atoms with Gasteiger partial charge in [-0.3, -0.25) is 0 Å². The molecular formula is C12H10BrFO2. The molecule has 1 N–H and O–H groups in total. The van der Waals surface area contributed by atoms with Crippen LogP contribution in [-0.4, -0.2) is 5.11 Å². The number of hydrogen-bond donors (Lipinski definition) is 1. The van der Waals surface area contributed by atoms with E-state index >= 15 is 0 Å². The lowest BCUT2D eigenvalue weighted by Crippen LogP contribution is -2.00. The van der Waals surface area contributed by atoms with Gasteiger partial charge in [-0.05, 0) is 45.8 Å². The second-order valence-electron chi connectivity index (χ2n) is 3.49. The molecule has 1 heterocycles. The summed E-state index contributed by atoms with van der Waals surface area (Å²) in [6, 6.07) is 9.57. The van der Waals surface area contributed by atoms with E-state index in [9.17, 15) is 9.50 Å². The molecule has 0 aliphatic heterocycles. The summed E-state index contributed by atoms with van der Waals surface area (Å²) in [7, 11) is 0. The van der Waals surface area contributed by atoms with Crippen molar-refractivity contribution < 1.29 is 13.9 Å². The van der Waals surface area contributed by atoms with Crippen LogP contribution in [0.2, 0.25) is 0 Å². The summed E-state index contributed by atoms with van der Waals surface area (Å²) in [6.45, 7) is 0. The minimum Gasteiger partial charge on any atom is -0.452 e. The predicted octanol–water partition coefficient (Wildman–Crippen LogP) is 3.46. The fourth-order valence-electron chi connectivity index (χ4n) is 1.50. The smallest absolute Gasteiger partial charge is 0.169 e. The second kappa shape index (κ2) is 4.80. The molecule has 0 saturated heterocycles. The van der Waals surface area contributed by atoms with Crippen LogP contribution < -0.4 is 0 Å². The third kappa shape index (κ3) is 2.71. The molecule has 1 aromatic carbocycles. The Bertz CT molecular complexity index is 481. The van der Waals surface area contributed by atoms with E-state index in [4.69, 9.17) is 4.42 Å². The van der Waals surface area contributed by atoms with Crippen LogP contribution in [-0.2, 0) is 6.42 Å². The number of aliphatic hydroxyl groups is 1. The third-order valence-electron chi connectivity index (χ3n) is 2.24. The molecule has 0 amide bonds. The highest BCUT2D eigenvalue weighted by Crippen LogP contribution is 2.23. The van der Waals surface area contributed by atoms with E-state index in [0.29, 0.717) is 16.9 Å². The summed E-state index contributed by atoms with van der Waals surface area (Å²) in [4.78, 5) is 0. The molecule has 0 spiro atoms. The topological polar surface area (TPSA) is 33.4 Å². The maximum Gasteiger partial charge on any atom is 0.169 e. The summed E-state index contributed by atoms with van der Waals surface area (Å²) >= 11 is 3.16. The molecular weight excluding hydrogens is 275 g/mol. The lowest BCUT2D eigenvalue weighted by Gasteiger charge is -2.07. The van der Waals surface area contributed by atoms with E-state index in [1.807, 2.05) is 0 Å². The van der Waals surface area contributed by atoms with E-state index in [0.717, 1.165) is 5.56 Å². The Labute approximate surface area is 101 Å². The van der Waals surface area contributed by atoms with Gasteiger partial charge < -0.3 is 9.52 Å². The number of rotatable bonds is 3. The van der Waals surface area contributed by atoms with Crippen LogP contribution in [0.3, 0.4) is 0 Å². The molecule has 0 aliphatic carbocycles. The van der Waals surface area contributed by atoms with Gasteiger partial charge in [0, 0.05) is 6.42 Å². The summed E-state index contributed by atoms with van der Waals surface area (Å²) in [5, 5.41) is 9.84. The van der Waals surface area contributed by atoms with E-state index in [1.165, 1.54) is 12.1 Å². The minimum absolute atomic E-state index is 0.301. The van der Waals surface area contributed by atoms with E-state index in [1.54, 1.807) is 24.3 Å². The van der Waals surface area contributed by atoms with Crippen molar-refractivity contribution in [1.29, 1.82) is 0 Å². The van der Waals surface area contributed by atoms with Crippen LogP contribution in [0.4, 0.5) is 4.39 Å². The van der Waals surface area contributed by atoms with Gasteiger partial charge in [0.05, 0.1) is 0 Å². The standard InChI is InChI=1S/C12H10BrFO2/c13-12-5-4-11(16-12)10(15)7-8-2-1-3-9(14)6-8/h1-6,10,15H,7H2. The molecule has 2 aromatic rings. The van der Waals surface area contributed by atoms with Crippen LogP contribution in [0.1, 0.15) is 17.4 Å². The number of halogens is 2. The second-order valence-corrected chi connectivity index (χ2v) is 4.27. The van der Waals surface area contributed by atoms with Crippen LogP contribution in [0.25, 0.3) is 0 Å². The molecule has 4 heteroatoms. The Morgan fingerprint density at radius 1 is 1.31 bits per heavy atom. The number of furan rings is 1. The predicted molar refractivity (Wildman–Crippen MR) is 61.5 cm³/mol. The summed E-state index contributed by atoms with van der Waals surface area (Å²) in [5.41, 5.74) is 0.736. The zero-order chi connectivity index (χ0) is 11.5. The highest BCUT2D eigenvalue weighted by atomic mass is 79.9. The van der Waals surface area contributed by atoms with Crippen molar-refractivity contribution in [3.63, 3.8) is 0 Å². The molecule has 0 saturated carbocycles. The van der Waals surface area contributed by atoms with Gasteiger partial charge in [0.15, 0.2) is 4.67 Å². The van der Waals surface area contributed by atoms with Gasteiger partial charge in [-0.25, -0.2) is 4.39 Å². The highest BCUT2D eigenvalue weighted by Gasteiger charge is 2.12. The van der Waals surface area contributed by atoms with Crippen LogP contribution >= 0.6 is 15.9 Å². The van der Waals surface area contributed by atoms with Gasteiger partial charge in [0.2, 0.25) is 0 Å². The SMILES string of the molecule is OC(Cc1cccc(F)c1)c1ccc(Br)o1. The molecule has 0 radical (unpaired) electrons. The average molecular weight is 285 g/mol. The summed E-state index contributed by atoms with van der Waals surface area (Å²) in [6.07, 6.45) is -0.425. The van der Waals surface area contributed by atoms with Crippen molar-refractivity contribution in [2.75, 3.05) is 0 Å². The molecule has 84 valence electrons. The van der Waals surface area contributed by atoms with Crippen molar-refractivity contribution in [1.82, 2.24) is 0 Å². The molecule has 2 rings (SSSR count). The number of aliphatic hydroxyl groups excluding tert-OH is 1. The third-order valence-corrected chi connectivity index (χ3v) is 2.67. The minimum atomic E-state index is -0.756. The van der Waals surface area contributed by atoms with Crippen LogP contribution in [0, 0.1) is 5.82 Å². The van der Waals surface area contributed by atoms with Crippen molar-refractivity contribution >= 4 is 15.9 Å². The lowest BCUT2D eigenvalue weighted by molar-refractivity contribution is 0.148. The Hall–Kier alpha value is -1.13. The first-order valence-corrected chi connectivity index (χ1v) is 5.62.